The number of carbonyl (C=O) groups excluding carboxylic acids is 1. The zero-order chi connectivity index (χ0) is 19.2. The van der Waals surface area contributed by atoms with Gasteiger partial charge in [0.15, 0.2) is 0 Å². The van der Waals surface area contributed by atoms with Crippen molar-refractivity contribution in [1.82, 2.24) is 9.62 Å². The maximum Gasteiger partial charge on any atom is 0.319 e. The van der Waals surface area contributed by atoms with E-state index in [1.807, 2.05) is 0 Å². The van der Waals surface area contributed by atoms with Crippen molar-refractivity contribution in [3.05, 3.63) is 53.6 Å². The zero-order valence-corrected chi connectivity index (χ0v) is 16.0. The van der Waals surface area contributed by atoms with E-state index in [1.54, 1.807) is 36.4 Å². The number of amides is 2. The average Bonchev–Trinajstić information content (AvgIpc) is 2.61. The molecule has 0 bridgehead atoms. The summed E-state index contributed by atoms with van der Waals surface area (Å²) in [6.45, 7) is 0.533. The molecule has 0 saturated carbocycles. The largest absolute Gasteiger partial charge is 0.492 e. The van der Waals surface area contributed by atoms with Crippen LogP contribution in [0.25, 0.3) is 0 Å². The molecule has 0 atom stereocenters. The van der Waals surface area contributed by atoms with Gasteiger partial charge in [-0.15, -0.1) is 0 Å². The molecule has 0 fully saturated rings. The fraction of sp³-hybridized carbons (Fsp3) is 0.235. The monoisotopic (exact) mass is 397 g/mol. The van der Waals surface area contributed by atoms with Gasteiger partial charge in [0.2, 0.25) is 10.0 Å². The van der Waals surface area contributed by atoms with Crippen LogP contribution in [0.3, 0.4) is 0 Å². The first-order chi connectivity index (χ1) is 12.3. The molecule has 2 N–H and O–H groups in total. The van der Waals surface area contributed by atoms with Crippen LogP contribution in [0.4, 0.5) is 10.5 Å². The van der Waals surface area contributed by atoms with Gasteiger partial charge in [0, 0.05) is 24.8 Å². The van der Waals surface area contributed by atoms with Crippen LogP contribution in [0.1, 0.15) is 0 Å². The second-order valence-electron chi connectivity index (χ2n) is 5.50. The highest BCUT2D eigenvalue weighted by atomic mass is 35.5. The first-order valence-corrected chi connectivity index (χ1v) is 9.56. The lowest BCUT2D eigenvalue weighted by Crippen LogP contribution is -2.32. The van der Waals surface area contributed by atoms with Gasteiger partial charge in [-0.25, -0.2) is 17.5 Å². The van der Waals surface area contributed by atoms with Crippen molar-refractivity contribution in [3.8, 4) is 5.75 Å². The Balaban J connectivity index is 1.76. The normalized spacial score (nSPS) is 11.2. The number of nitrogens with one attached hydrogen (secondary N) is 2. The number of nitrogens with zero attached hydrogens (tertiary/aromatic N) is 1. The van der Waals surface area contributed by atoms with Crippen LogP contribution in [0, 0.1) is 0 Å². The van der Waals surface area contributed by atoms with Gasteiger partial charge in [-0.3, -0.25) is 0 Å². The predicted octanol–water partition coefficient (Wildman–Crippen LogP) is 2.79. The lowest BCUT2D eigenvalue weighted by Gasteiger charge is -2.12. The molecule has 9 heteroatoms. The molecule has 0 radical (unpaired) electrons. The molecule has 0 aliphatic rings. The summed E-state index contributed by atoms with van der Waals surface area (Å²) in [5.41, 5.74) is 0.630. The lowest BCUT2D eigenvalue weighted by atomic mass is 10.3. The van der Waals surface area contributed by atoms with E-state index >= 15 is 0 Å². The number of rotatable bonds is 7. The summed E-state index contributed by atoms with van der Waals surface area (Å²) >= 11 is 5.78. The number of urea groups is 1. The van der Waals surface area contributed by atoms with Crippen LogP contribution < -0.4 is 15.4 Å². The molecule has 2 rings (SSSR count). The third-order valence-electron chi connectivity index (χ3n) is 3.36. The van der Waals surface area contributed by atoms with E-state index in [1.165, 1.54) is 26.2 Å². The second-order valence-corrected chi connectivity index (χ2v) is 8.08. The number of sulfonamides is 1. The number of anilines is 1. The minimum absolute atomic E-state index is 0.190. The minimum Gasteiger partial charge on any atom is -0.492 e. The Morgan fingerprint density at radius 1 is 1.08 bits per heavy atom. The van der Waals surface area contributed by atoms with Gasteiger partial charge in [0.05, 0.1) is 11.4 Å². The number of benzene rings is 2. The number of hydrogen-bond acceptors (Lipinski definition) is 4. The van der Waals surface area contributed by atoms with Crippen LogP contribution in [0.5, 0.6) is 5.75 Å². The van der Waals surface area contributed by atoms with Crippen molar-refractivity contribution in [1.29, 1.82) is 0 Å². The number of halogens is 1. The molecule has 7 nitrogen and oxygen atoms in total. The molecule has 0 unspecified atom stereocenters. The summed E-state index contributed by atoms with van der Waals surface area (Å²) < 4.78 is 30.6. The molecule has 0 aromatic heterocycles. The van der Waals surface area contributed by atoms with Gasteiger partial charge in [-0.05, 0) is 48.5 Å². The van der Waals surface area contributed by atoms with E-state index in [0.717, 1.165) is 4.31 Å². The Morgan fingerprint density at radius 2 is 1.69 bits per heavy atom. The molecule has 0 spiro atoms. The second kappa shape index (κ2) is 8.88. The lowest BCUT2D eigenvalue weighted by molar-refractivity contribution is 0.247. The van der Waals surface area contributed by atoms with Gasteiger partial charge >= 0.3 is 6.03 Å². The van der Waals surface area contributed by atoms with Gasteiger partial charge < -0.3 is 15.4 Å². The van der Waals surface area contributed by atoms with Gasteiger partial charge in [-0.2, -0.15) is 0 Å². The molecular weight excluding hydrogens is 378 g/mol. The zero-order valence-electron chi connectivity index (χ0n) is 14.4. The van der Waals surface area contributed by atoms with Crippen LogP contribution in [0.15, 0.2) is 53.4 Å². The summed E-state index contributed by atoms with van der Waals surface area (Å²) in [6.07, 6.45) is 0. The van der Waals surface area contributed by atoms with Crippen molar-refractivity contribution in [2.45, 2.75) is 4.90 Å². The summed E-state index contributed by atoms with van der Waals surface area (Å²) in [6, 6.07) is 12.5. The summed E-state index contributed by atoms with van der Waals surface area (Å²) in [5, 5.41) is 5.91. The SMILES string of the molecule is CN(C)S(=O)(=O)c1ccc(OCCNC(=O)Nc2ccc(Cl)cc2)cc1. The molecule has 26 heavy (non-hydrogen) atoms. The van der Waals surface area contributed by atoms with Crippen LogP contribution in [-0.2, 0) is 10.0 Å². The molecule has 2 amide bonds. The van der Waals surface area contributed by atoms with E-state index in [9.17, 15) is 13.2 Å². The predicted molar refractivity (Wildman–Crippen MR) is 101 cm³/mol. The molecule has 0 aliphatic heterocycles. The third kappa shape index (κ3) is 5.62. The van der Waals surface area contributed by atoms with Crippen molar-refractivity contribution < 1.29 is 17.9 Å². The summed E-state index contributed by atoms with van der Waals surface area (Å²) in [7, 11) is -0.513. The Labute approximate surface area is 158 Å². The smallest absolute Gasteiger partial charge is 0.319 e. The van der Waals surface area contributed by atoms with Gasteiger partial charge in [0.1, 0.15) is 12.4 Å². The topological polar surface area (TPSA) is 87.7 Å². The minimum atomic E-state index is -3.46. The standard InChI is InChI=1S/C17H20ClN3O4S/c1-21(2)26(23,24)16-9-7-15(8-10-16)25-12-11-19-17(22)20-14-5-3-13(18)4-6-14/h3-10H,11-12H2,1-2H3,(H2,19,20,22). The first-order valence-electron chi connectivity index (χ1n) is 7.75. The van der Waals surface area contributed by atoms with Crippen molar-refractivity contribution in [2.75, 3.05) is 32.6 Å². The Bertz CT molecular complexity index is 837. The van der Waals surface area contributed by atoms with E-state index in [4.69, 9.17) is 16.3 Å². The maximum absolute atomic E-state index is 12.0. The quantitative estimate of drug-likeness (QED) is 0.703. The third-order valence-corrected chi connectivity index (χ3v) is 5.44. The van der Waals surface area contributed by atoms with Crippen LogP contribution >= 0.6 is 11.6 Å². The van der Waals surface area contributed by atoms with Crippen LogP contribution in [-0.4, -0.2) is 46.0 Å². The Morgan fingerprint density at radius 3 is 2.27 bits per heavy atom. The molecule has 0 aliphatic carbocycles. The Kier molecular flexibility index (Phi) is 6.84. The fourth-order valence-electron chi connectivity index (χ4n) is 1.96. The van der Waals surface area contributed by atoms with Crippen LogP contribution in [0.2, 0.25) is 5.02 Å². The summed E-state index contributed by atoms with van der Waals surface area (Å²) in [5.74, 6) is 0.516. The molecular formula is C17H20ClN3O4S. The number of ether oxygens (including phenoxy) is 1. The van der Waals surface area contributed by atoms with E-state index in [2.05, 4.69) is 10.6 Å². The molecule has 2 aromatic rings. The molecule has 0 heterocycles. The highest BCUT2D eigenvalue weighted by Gasteiger charge is 2.16. The highest BCUT2D eigenvalue weighted by Crippen LogP contribution is 2.18. The Hall–Kier alpha value is -2.29. The first kappa shape index (κ1) is 20.0. The summed E-state index contributed by atoms with van der Waals surface area (Å²) in [4.78, 5) is 11.9. The van der Waals surface area contributed by atoms with Gasteiger partial charge in [0.25, 0.3) is 0 Å². The fourth-order valence-corrected chi connectivity index (χ4v) is 2.99. The van der Waals surface area contributed by atoms with Crippen molar-refractivity contribution in [3.63, 3.8) is 0 Å². The van der Waals surface area contributed by atoms with E-state index < -0.39 is 10.0 Å². The maximum atomic E-state index is 12.0. The molecule has 140 valence electrons. The number of hydrogen-bond donors (Lipinski definition) is 2. The van der Waals surface area contributed by atoms with Crippen molar-refractivity contribution in [2.24, 2.45) is 0 Å². The van der Waals surface area contributed by atoms with Gasteiger partial charge in [-0.1, -0.05) is 11.6 Å². The molecule has 0 saturated heterocycles. The average molecular weight is 398 g/mol. The number of carbonyl (C=O) groups is 1. The van der Waals surface area contributed by atoms with E-state index in [-0.39, 0.29) is 24.1 Å². The van der Waals surface area contributed by atoms with E-state index in [0.29, 0.717) is 16.5 Å². The van der Waals surface area contributed by atoms with Crippen molar-refractivity contribution >= 4 is 33.3 Å². The highest BCUT2D eigenvalue weighted by molar-refractivity contribution is 7.89. The molecule has 2 aromatic carbocycles.